The molecule has 7 heavy (non-hydrogen) atoms. The first-order valence-corrected chi connectivity index (χ1v) is 3.65. The fourth-order valence-electron chi connectivity index (χ4n) is 0.141. The smallest absolute Gasteiger partial charge is 0.0241 e. The molecular formula is C5H9ClS. The van der Waals surface area contributed by atoms with Crippen LogP contribution in [-0.2, 0) is 0 Å². The maximum atomic E-state index is 5.59. The first kappa shape index (κ1) is 7.38. The van der Waals surface area contributed by atoms with Gasteiger partial charge in [0.25, 0.3) is 0 Å². The Bertz CT molecular complexity index is 82.1. The predicted octanol–water partition coefficient (Wildman–Crippen LogP) is 2.84. The molecule has 0 spiro atoms. The van der Waals surface area contributed by atoms with Crippen LogP contribution in [-0.4, -0.2) is 6.26 Å². The number of allylic oxidation sites excluding steroid dienone is 2. The molecule has 0 nitrogen and oxygen atoms in total. The van der Waals surface area contributed by atoms with Gasteiger partial charge in [-0.25, -0.2) is 0 Å². The minimum absolute atomic E-state index is 0.896. The van der Waals surface area contributed by atoms with Gasteiger partial charge in [0.2, 0.25) is 0 Å². The second-order valence-corrected chi connectivity index (χ2v) is 2.88. The fourth-order valence-corrected chi connectivity index (χ4v) is 0.653. The lowest BCUT2D eigenvalue weighted by Crippen LogP contribution is -1.64. The van der Waals surface area contributed by atoms with Crippen LogP contribution in [0.2, 0.25) is 0 Å². The van der Waals surface area contributed by atoms with Crippen LogP contribution in [0, 0.1) is 0 Å². The van der Waals surface area contributed by atoms with Crippen molar-refractivity contribution in [3.63, 3.8) is 0 Å². The van der Waals surface area contributed by atoms with Crippen molar-refractivity contribution in [3.05, 3.63) is 9.94 Å². The maximum absolute atomic E-state index is 5.59. The largest absolute Gasteiger partial charge is 0.133 e. The van der Waals surface area contributed by atoms with Gasteiger partial charge in [-0.15, -0.1) is 11.8 Å². The Hall–Kier alpha value is 0.380. The number of halogens is 1. The minimum atomic E-state index is 0.896. The molecule has 42 valence electrons. The summed E-state index contributed by atoms with van der Waals surface area (Å²) >= 11 is 7.27. The highest BCUT2D eigenvalue weighted by Gasteiger charge is 1.86. The summed E-state index contributed by atoms with van der Waals surface area (Å²) in [4.78, 5) is 1.20. The first-order chi connectivity index (χ1) is 3.18. The van der Waals surface area contributed by atoms with Crippen molar-refractivity contribution in [2.75, 3.05) is 6.26 Å². The Kier molecular flexibility index (Phi) is 3.57. The van der Waals surface area contributed by atoms with Gasteiger partial charge in [0.15, 0.2) is 0 Å². The summed E-state index contributed by atoms with van der Waals surface area (Å²) in [5.41, 5.74) is 0. The van der Waals surface area contributed by atoms with Gasteiger partial charge in [0.1, 0.15) is 0 Å². The van der Waals surface area contributed by atoms with Gasteiger partial charge in [0, 0.05) is 5.03 Å². The number of hydrogen-bond acceptors (Lipinski definition) is 1. The molecule has 0 saturated carbocycles. The highest BCUT2D eigenvalue weighted by atomic mass is 35.5. The minimum Gasteiger partial charge on any atom is -0.133 e. The van der Waals surface area contributed by atoms with Crippen molar-refractivity contribution in [1.82, 2.24) is 0 Å². The van der Waals surface area contributed by atoms with Gasteiger partial charge in [-0.1, -0.05) is 11.6 Å². The van der Waals surface area contributed by atoms with Gasteiger partial charge in [-0.3, -0.25) is 0 Å². The van der Waals surface area contributed by atoms with E-state index >= 15 is 0 Å². The Morgan fingerprint density at radius 2 is 1.86 bits per heavy atom. The fraction of sp³-hybridized carbons (Fsp3) is 0.600. The van der Waals surface area contributed by atoms with E-state index in [0.717, 1.165) is 5.03 Å². The lowest BCUT2D eigenvalue weighted by molar-refractivity contribution is 1.55. The van der Waals surface area contributed by atoms with E-state index in [2.05, 4.69) is 0 Å². The SMILES string of the molecule is CS/C(C)=C(/C)Cl. The molecule has 0 heterocycles. The summed E-state index contributed by atoms with van der Waals surface area (Å²) in [6, 6.07) is 0. The molecule has 0 fully saturated rings. The zero-order valence-electron chi connectivity index (χ0n) is 4.79. The second-order valence-electron chi connectivity index (χ2n) is 1.29. The van der Waals surface area contributed by atoms with Crippen LogP contribution < -0.4 is 0 Å². The predicted molar refractivity (Wildman–Crippen MR) is 37.7 cm³/mol. The Labute approximate surface area is 53.9 Å². The summed E-state index contributed by atoms with van der Waals surface area (Å²) in [5, 5.41) is 0.896. The van der Waals surface area contributed by atoms with Gasteiger partial charge in [-0.05, 0) is 25.0 Å². The van der Waals surface area contributed by atoms with Crippen molar-refractivity contribution in [3.8, 4) is 0 Å². The van der Waals surface area contributed by atoms with E-state index in [-0.39, 0.29) is 0 Å². The van der Waals surface area contributed by atoms with Crippen molar-refractivity contribution in [1.29, 1.82) is 0 Å². The van der Waals surface area contributed by atoms with Crippen LogP contribution >= 0.6 is 23.4 Å². The topological polar surface area (TPSA) is 0 Å². The molecule has 0 aromatic rings. The molecule has 0 atom stereocenters. The van der Waals surface area contributed by atoms with Crippen molar-refractivity contribution >= 4 is 23.4 Å². The van der Waals surface area contributed by atoms with E-state index in [0.29, 0.717) is 0 Å². The van der Waals surface area contributed by atoms with Crippen LogP contribution in [0.25, 0.3) is 0 Å². The van der Waals surface area contributed by atoms with Crippen LogP contribution in [0.15, 0.2) is 9.94 Å². The lowest BCUT2D eigenvalue weighted by atomic mass is 10.6. The molecule has 0 bridgehead atoms. The molecule has 0 radical (unpaired) electrons. The van der Waals surface area contributed by atoms with E-state index in [1.807, 2.05) is 20.1 Å². The van der Waals surface area contributed by atoms with E-state index in [4.69, 9.17) is 11.6 Å². The zero-order chi connectivity index (χ0) is 5.86. The highest BCUT2D eigenvalue weighted by molar-refractivity contribution is 8.02. The molecule has 0 aromatic carbocycles. The van der Waals surface area contributed by atoms with Crippen LogP contribution in [0.3, 0.4) is 0 Å². The van der Waals surface area contributed by atoms with E-state index in [1.54, 1.807) is 11.8 Å². The third-order valence-electron chi connectivity index (χ3n) is 0.791. The van der Waals surface area contributed by atoms with E-state index in [9.17, 15) is 0 Å². The standard InChI is InChI=1S/C5H9ClS/c1-4(6)5(2)7-3/h1-3H3/b5-4-. The Morgan fingerprint density at radius 3 is 1.86 bits per heavy atom. The summed E-state index contributed by atoms with van der Waals surface area (Å²) < 4.78 is 0. The molecular weight excluding hydrogens is 128 g/mol. The zero-order valence-corrected chi connectivity index (χ0v) is 6.36. The highest BCUT2D eigenvalue weighted by Crippen LogP contribution is 2.17. The van der Waals surface area contributed by atoms with E-state index < -0.39 is 0 Å². The number of thioether (sulfide) groups is 1. The molecule has 0 aliphatic heterocycles. The summed E-state index contributed by atoms with van der Waals surface area (Å²) in [6.45, 7) is 3.90. The lowest BCUT2D eigenvalue weighted by Gasteiger charge is -1.91. The van der Waals surface area contributed by atoms with E-state index in [1.165, 1.54) is 4.91 Å². The summed E-state index contributed by atoms with van der Waals surface area (Å²) in [7, 11) is 0. The normalized spacial score (nSPS) is 13.7. The molecule has 0 rings (SSSR count). The molecule has 0 saturated heterocycles. The molecule has 0 aliphatic rings. The maximum Gasteiger partial charge on any atom is 0.0241 e. The number of rotatable bonds is 1. The van der Waals surface area contributed by atoms with Crippen molar-refractivity contribution in [2.24, 2.45) is 0 Å². The summed E-state index contributed by atoms with van der Waals surface area (Å²) in [5.74, 6) is 0. The van der Waals surface area contributed by atoms with Crippen molar-refractivity contribution in [2.45, 2.75) is 13.8 Å². The van der Waals surface area contributed by atoms with Crippen LogP contribution in [0.4, 0.5) is 0 Å². The van der Waals surface area contributed by atoms with Gasteiger partial charge in [0.05, 0.1) is 0 Å². The summed E-state index contributed by atoms with van der Waals surface area (Å²) in [6.07, 6.45) is 2.02. The van der Waals surface area contributed by atoms with Crippen LogP contribution in [0.1, 0.15) is 13.8 Å². The van der Waals surface area contributed by atoms with Gasteiger partial charge >= 0.3 is 0 Å². The van der Waals surface area contributed by atoms with Crippen molar-refractivity contribution < 1.29 is 0 Å². The quantitative estimate of drug-likeness (QED) is 0.534. The average Bonchev–Trinajstić information content (AvgIpc) is 1.65. The monoisotopic (exact) mass is 136 g/mol. The van der Waals surface area contributed by atoms with Crippen LogP contribution in [0.5, 0.6) is 0 Å². The molecule has 0 aromatic heterocycles. The first-order valence-electron chi connectivity index (χ1n) is 2.05. The number of hydrogen-bond donors (Lipinski definition) is 0. The van der Waals surface area contributed by atoms with Gasteiger partial charge < -0.3 is 0 Å². The third kappa shape index (κ3) is 3.01. The third-order valence-corrected chi connectivity index (χ3v) is 2.11. The molecule has 2 heteroatoms. The second kappa shape index (κ2) is 3.39. The average molecular weight is 137 g/mol. The molecule has 0 aliphatic carbocycles. The molecule has 0 amide bonds. The Balaban J connectivity index is 3.72. The molecule has 0 N–H and O–H groups in total. The van der Waals surface area contributed by atoms with Gasteiger partial charge in [-0.2, -0.15) is 0 Å². The molecule has 0 unspecified atom stereocenters. The Morgan fingerprint density at radius 1 is 1.43 bits per heavy atom.